The molecule has 0 atom stereocenters. The molecule has 0 unspecified atom stereocenters. The highest BCUT2D eigenvalue weighted by molar-refractivity contribution is 5.99. The van der Waals surface area contributed by atoms with Crippen molar-refractivity contribution >= 4 is 16.5 Å². The summed E-state index contributed by atoms with van der Waals surface area (Å²) in [5.41, 5.74) is 2.39. The Bertz CT molecular complexity index is 603. The zero-order valence-electron chi connectivity index (χ0n) is 11.7. The summed E-state index contributed by atoms with van der Waals surface area (Å²) in [6.45, 7) is 6.16. The van der Waals surface area contributed by atoms with Gasteiger partial charge in [0.05, 0.1) is 6.10 Å². The van der Waals surface area contributed by atoms with Crippen LogP contribution in [0.3, 0.4) is 0 Å². The molecule has 1 aliphatic carbocycles. The first-order valence-electron chi connectivity index (χ1n) is 6.96. The van der Waals surface area contributed by atoms with Gasteiger partial charge in [-0.05, 0) is 51.3 Å². The average Bonchev–Trinajstić information content (AvgIpc) is 3.16. The van der Waals surface area contributed by atoms with E-state index in [1.165, 1.54) is 29.5 Å². The molecule has 19 heavy (non-hydrogen) atoms. The van der Waals surface area contributed by atoms with Gasteiger partial charge in [-0.25, -0.2) is 4.98 Å². The number of pyridine rings is 1. The summed E-state index contributed by atoms with van der Waals surface area (Å²) in [7, 11) is 0. The second-order valence-electron chi connectivity index (χ2n) is 5.56. The van der Waals surface area contributed by atoms with Crippen LogP contribution < -0.4 is 10.1 Å². The van der Waals surface area contributed by atoms with Gasteiger partial charge in [0.15, 0.2) is 0 Å². The predicted molar refractivity (Wildman–Crippen MR) is 78.9 cm³/mol. The molecule has 0 spiro atoms. The summed E-state index contributed by atoms with van der Waals surface area (Å²) in [5.74, 6) is 0.732. The van der Waals surface area contributed by atoms with Crippen LogP contribution in [0.25, 0.3) is 10.8 Å². The van der Waals surface area contributed by atoms with Gasteiger partial charge in [0.25, 0.3) is 0 Å². The number of hydrogen-bond donors (Lipinski definition) is 1. The molecule has 0 radical (unpaired) electrons. The number of aryl methyl sites for hydroxylation is 1. The number of nitrogens with zero attached hydrogens (tertiary/aromatic N) is 1. The van der Waals surface area contributed by atoms with Crippen molar-refractivity contribution < 1.29 is 4.74 Å². The van der Waals surface area contributed by atoms with Crippen molar-refractivity contribution in [3.8, 4) is 5.88 Å². The van der Waals surface area contributed by atoms with E-state index in [4.69, 9.17) is 4.74 Å². The van der Waals surface area contributed by atoms with Gasteiger partial charge in [0, 0.05) is 28.7 Å². The first kappa shape index (κ1) is 12.3. The van der Waals surface area contributed by atoms with Crippen molar-refractivity contribution in [2.24, 2.45) is 0 Å². The number of hydrogen-bond acceptors (Lipinski definition) is 3. The molecule has 1 fully saturated rings. The van der Waals surface area contributed by atoms with Crippen LogP contribution in [0.15, 0.2) is 24.4 Å². The number of aromatic nitrogens is 1. The van der Waals surface area contributed by atoms with Crippen LogP contribution in [0.1, 0.15) is 32.3 Å². The van der Waals surface area contributed by atoms with Crippen LogP contribution in [0.5, 0.6) is 5.88 Å². The molecule has 1 N–H and O–H groups in total. The number of benzene rings is 1. The molecule has 3 heteroatoms. The molecule has 3 nitrogen and oxygen atoms in total. The molecular weight excluding hydrogens is 236 g/mol. The van der Waals surface area contributed by atoms with Crippen LogP contribution in [0.2, 0.25) is 0 Å². The van der Waals surface area contributed by atoms with Crippen LogP contribution in [0, 0.1) is 6.92 Å². The fourth-order valence-corrected chi connectivity index (χ4v) is 2.33. The molecule has 100 valence electrons. The van der Waals surface area contributed by atoms with Crippen molar-refractivity contribution in [3.63, 3.8) is 0 Å². The average molecular weight is 256 g/mol. The summed E-state index contributed by atoms with van der Waals surface area (Å²) < 4.78 is 5.82. The minimum atomic E-state index is 0.137. The van der Waals surface area contributed by atoms with E-state index >= 15 is 0 Å². The normalized spacial score (nSPS) is 14.9. The van der Waals surface area contributed by atoms with Crippen LogP contribution in [-0.2, 0) is 0 Å². The van der Waals surface area contributed by atoms with Crippen molar-refractivity contribution in [1.82, 2.24) is 4.98 Å². The molecule has 2 aromatic rings. The number of nitrogens with one attached hydrogen (secondary N) is 1. The van der Waals surface area contributed by atoms with E-state index in [9.17, 15) is 0 Å². The number of ether oxygens (including phenoxy) is 1. The SMILES string of the molecule is Cc1cnc(OC(C)C)c2cccc(NC3CC3)c12. The maximum absolute atomic E-state index is 5.82. The lowest BCUT2D eigenvalue weighted by atomic mass is 10.1. The Balaban J connectivity index is 2.12. The monoisotopic (exact) mass is 256 g/mol. The van der Waals surface area contributed by atoms with E-state index in [2.05, 4.69) is 35.4 Å². The Morgan fingerprint density at radius 1 is 1.32 bits per heavy atom. The van der Waals surface area contributed by atoms with Crippen LogP contribution in [-0.4, -0.2) is 17.1 Å². The predicted octanol–water partition coefficient (Wildman–Crippen LogP) is 3.90. The second-order valence-corrected chi connectivity index (χ2v) is 5.56. The molecule has 3 rings (SSSR count). The molecule has 0 bridgehead atoms. The topological polar surface area (TPSA) is 34.1 Å². The van der Waals surface area contributed by atoms with Crippen molar-refractivity contribution in [2.75, 3.05) is 5.32 Å². The molecule has 0 amide bonds. The smallest absolute Gasteiger partial charge is 0.221 e. The third-order valence-corrected chi connectivity index (χ3v) is 3.35. The largest absolute Gasteiger partial charge is 0.475 e. The van der Waals surface area contributed by atoms with E-state index in [1.807, 2.05) is 20.0 Å². The van der Waals surface area contributed by atoms with Crippen LogP contribution in [0.4, 0.5) is 5.69 Å². The molecule has 1 saturated carbocycles. The molecule has 1 aromatic heterocycles. The quantitative estimate of drug-likeness (QED) is 0.900. The lowest BCUT2D eigenvalue weighted by molar-refractivity contribution is 0.236. The van der Waals surface area contributed by atoms with E-state index < -0.39 is 0 Å². The third kappa shape index (κ3) is 2.50. The molecule has 1 aromatic carbocycles. The maximum atomic E-state index is 5.82. The highest BCUT2D eigenvalue weighted by Gasteiger charge is 2.22. The summed E-state index contributed by atoms with van der Waals surface area (Å²) in [4.78, 5) is 4.43. The van der Waals surface area contributed by atoms with Crippen molar-refractivity contribution in [3.05, 3.63) is 30.0 Å². The van der Waals surface area contributed by atoms with Gasteiger partial charge in [-0.2, -0.15) is 0 Å². The van der Waals surface area contributed by atoms with Crippen LogP contribution >= 0.6 is 0 Å². The van der Waals surface area contributed by atoms with Crippen molar-refractivity contribution in [2.45, 2.75) is 45.8 Å². The summed E-state index contributed by atoms with van der Waals surface area (Å²) >= 11 is 0. The molecule has 0 saturated heterocycles. The Morgan fingerprint density at radius 2 is 2.11 bits per heavy atom. The minimum absolute atomic E-state index is 0.137. The van der Waals surface area contributed by atoms with Gasteiger partial charge in [-0.1, -0.05) is 6.07 Å². The highest BCUT2D eigenvalue weighted by Crippen LogP contribution is 2.35. The fourth-order valence-electron chi connectivity index (χ4n) is 2.33. The lowest BCUT2D eigenvalue weighted by Crippen LogP contribution is -2.08. The fraction of sp³-hybridized carbons (Fsp3) is 0.438. The van der Waals surface area contributed by atoms with Gasteiger partial charge < -0.3 is 10.1 Å². The van der Waals surface area contributed by atoms with Gasteiger partial charge in [-0.3, -0.25) is 0 Å². The Labute approximate surface area is 114 Å². The Hall–Kier alpha value is -1.77. The summed E-state index contributed by atoms with van der Waals surface area (Å²) in [6, 6.07) is 6.95. The summed E-state index contributed by atoms with van der Waals surface area (Å²) in [5, 5.41) is 5.93. The molecule has 1 aliphatic rings. The lowest BCUT2D eigenvalue weighted by Gasteiger charge is -2.15. The summed E-state index contributed by atoms with van der Waals surface area (Å²) in [6.07, 6.45) is 4.59. The Kier molecular flexibility index (Phi) is 3.05. The van der Waals surface area contributed by atoms with E-state index in [0.29, 0.717) is 6.04 Å². The number of anilines is 1. The third-order valence-electron chi connectivity index (χ3n) is 3.35. The molecular formula is C16H20N2O. The first-order chi connectivity index (χ1) is 9.15. The standard InChI is InChI=1S/C16H20N2O/c1-10(2)19-16-13-5-4-6-14(18-12-7-8-12)15(13)11(3)9-17-16/h4-6,9-10,12,18H,7-8H2,1-3H3. The molecule has 0 aliphatic heterocycles. The van der Waals surface area contributed by atoms with E-state index in [1.54, 1.807) is 0 Å². The highest BCUT2D eigenvalue weighted by atomic mass is 16.5. The molecule has 1 heterocycles. The van der Waals surface area contributed by atoms with E-state index in [-0.39, 0.29) is 6.10 Å². The maximum Gasteiger partial charge on any atom is 0.221 e. The Morgan fingerprint density at radius 3 is 2.79 bits per heavy atom. The zero-order valence-corrected chi connectivity index (χ0v) is 11.7. The first-order valence-corrected chi connectivity index (χ1v) is 6.96. The van der Waals surface area contributed by atoms with E-state index in [0.717, 1.165) is 11.3 Å². The number of rotatable bonds is 4. The zero-order chi connectivity index (χ0) is 13.4. The second kappa shape index (κ2) is 4.72. The van der Waals surface area contributed by atoms with Gasteiger partial charge in [0.2, 0.25) is 5.88 Å². The number of fused-ring (bicyclic) bond motifs is 1. The minimum Gasteiger partial charge on any atom is -0.475 e. The van der Waals surface area contributed by atoms with Crippen molar-refractivity contribution in [1.29, 1.82) is 0 Å². The van der Waals surface area contributed by atoms with Gasteiger partial charge in [0.1, 0.15) is 0 Å². The van der Waals surface area contributed by atoms with Gasteiger partial charge in [-0.15, -0.1) is 0 Å². The van der Waals surface area contributed by atoms with Gasteiger partial charge >= 0.3 is 0 Å².